The number of nitrogens with one attached hydrogen (secondary N) is 1. The molecule has 1 N–H and O–H groups in total. The number of rotatable bonds is 4. The average Bonchev–Trinajstić information content (AvgIpc) is 2.73. The van der Waals surface area contributed by atoms with Crippen LogP contribution < -0.4 is 5.32 Å². The van der Waals surface area contributed by atoms with Gasteiger partial charge in [0.15, 0.2) is 0 Å². The van der Waals surface area contributed by atoms with Gasteiger partial charge in [0, 0.05) is 20.7 Å². The lowest BCUT2D eigenvalue weighted by molar-refractivity contribution is 0.631. The topological polar surface area (TPSA) is 24.9 Å². The van der Waals surface area contributed by atoms with Crippen molar-refractivity contribution < 1.29 is 0 Å². The Balaban J connectivity index is 2.45. The van der Waals surface area contributed by atoms with E-state index >= 15 is 0 Å². The molecule has 0 aromatic carbocycles. The summed E-state index contributed by atoms with van der Waals surface area (Å²) in [4.78, 5) is 5.88. The van der Waals surface area contributed by atoms with Crippen molar-refractivity contribution in [3.63, 3.8) is 0 Å². The molecular weight excluding hydrogens is 308 g/mol. The Bertz CT molecular complexity index is 536. The SMILES string of the molecule is CCNC(c1ccc(C)nc1C)c1sccc1Br. The predicted molar refractivity (Wildman–Crippen MR) is 81.2 cm³/mol. The first kappa shape index (κ1) is 13.7. The number of aryl methyl sites for hydroxylation is 2. The molecule has 0 bridgehead atoms. The number of halogens is 1. The second kappa shape index (κ2) is 5.95. The normalized spacial score (nSPS) is 12.7. The van der Waals surface area contributed by atoms with Gasteiger partial charge in [0.1, 0.15) is 0 Å². The minimum atomic E-state index is 0.220. The van der Waals surface area contributed by atoms with Gasteiger partial charge in [-0.25, -0.2) is 0 Å². The Morgan fingerprint density at radius 1 is 1.33 bits per heavy atom. The molecule has 1 unspecified atom stereocenters. The van der Waals surface area contributed by atoms with Gasteiger partial charge in [-0.2, -0.15) is 0 Å². The van der Waals surface area contributed by atoms with Crippen LogP contribution in [0.3, 0.4) is 0 Å². The Morgan fingerprint density at radius 3 is 2.67 bits per heavy atom. The standard InChI is InChI=1S/C14H17BrN2S/c1-4-16-13(14-12(15)7-8-18-14)11-6-5-9(2)17-10(11)3/h5-8,13,16H,4H2,1-3H3. The highest BCUT2D eigenvalue weighted by Gasteiger charge is 2.19. The van der Waals surface area contributed by atoms with Crippen LogP contribution in [0, 0.1) is 13.8 Å². The van der Waals surface area contributed by atoms with E-state index < -0.39 is 0 Å². The van der Waals surface area contributed by atoms with E-state index in [4.69, 9.17) is 0 Å². The van der Waals surface area contributed by atoms with Crippen molar-refractivity contribution in [1.29, 1.82) is 0 Å². The fourth-order valence-electron chi connectivity index (χ4n) is 2.06. The number of aromatic nitrogens is 1. The van der Waals surface area contributed by atoms with Gasteiger partial charge in [0.25, 0.3) is 0 Å². The zero-order chi connectivity index (χ0) is 13.1. The number of hydrogen-bond donors (Lipinski definition) is 1. The summed E-state index contributed by atoms with van der Waals surface area (Å²) in [7, 11) is 0. The molecule has 2 rings (SSSR count). The number of hydrogen-bond acceptors (Lipinski definition) is 3. The van der Waals surface area contributed by atoms with E-state index in [0.29, 0.717) is 0 Å². The molecule has 2 aromatic rings. The third-order valence-electron chi connectivity index (χ3n) is 2.89. The number of thiophene rings is 1. The maximum Gasteiger partial charge on any atom is 0.0700 e. The highest BCUT2D eigenvalue weighted by molar-refractivity contribution is 9.10. The number of pyridine rings is 1. The summed E-state index contributed by atoms with van der Waals surface area (Å²) in [5.74, 6) is 0. The summed E-state index contributed by atoms with van der Waals surface area (Å²) in [5, 5.41) is 5.65. The van der Waals surface area contributed by atoms with E-state index in [1.165, 1.54) is 14.9 Å². The molecule has 0 radical (unpaired) electrons. The lowest BCUT2D eigenvalue weighted by Crippen LogP contribution is -2.22. The lowest BCUT2D eigenvalue weighted by atomic mass is 10.0. The largest absolute Gasteiger partial charge is 0.306 e. The molecule has 2 aromatic heterocycles. The molecule has 0 spiro atoms. The Labute approximate surface area is 121 Å². The monoisotopic (exact) mass is 324 g/mol. The van der Waals surface area contributed by atoms with Crippen LogP contribution in [0.4, 0.5) is 0 Å². The Morgan fingerprint density at radius 2 is 2.11 bits per heavy atom. The van der Waals surface area contributed by atoms with E-state index in [1.807, 2.05) is 6.92 Å². The maximum absolute atomic E-state index is 4.57. The fraction of sp³-hybridized carbons (Fsp3) is 0.357. The van der Waals surface area contributed by atoms with E-state index in [1.54, 1.807) is 11.3 Å². The van der Waals surface area contributed by atoms with Crippen molar-refractivity contribution >= 4 is 27.3 Å². The van der Waals surface area contributed by atoms with Crippen LogP contribution in [0.5, 0.6) is 0 Å². The molecule has 0 amide bonds. The van der Waals surface area contributed by atoms with E-state index in [9.17, 15) is 0 Å². The predicted octanol–water partition coefficient (Wildman–Crippen LogP) is 4.22. The van der Waals surface area contributed by atoms with Crippen LogP contribution in [0.25, 0.3) is 0 Å². The van der Waals surface area contributed by atoms with Gasteiger partial charge in [0.2, 0.25) is 0 Å². The molecule has 0 saturated heterocycles. The molecule has 4 heteroatoms. The van der Waals surface area contributed by atoms with Gasteiger partial charge < -0.3 is 5.32 Å². The van der Waals surface area contributed by atoms with Crippen molar-refractivity contribution in [2.24, 2.45) is 0 Å². The molecular formula is C14H17BrN2S. The molecule has 18 heavy (non-hydrogen) atoms. The molecule has 2 nitrogen and oxygen atoms in total. The van der Waals surface area contributed by atoms with Crippen LogP contribution >= 0.6 is 27.3 Å². The van der Waals surface area contributed by atoms with Crippen LogP contribution in [0.1, 0.15) is 34.8 Å². The second-order valence-corrected chi connectivity index (χ2v) is 6.05. The average molecular weight is 325 g/mol. The third kappa shape index (κ3) is 2.82. The van der Waals surface area contributed by atoms with Crippen molar-refractivity contribution in [2.75, 3.05) is 6.54 Å². The summed E-state index contributed by atoms with van der Waals surface area (Å²) in [6, 6.07) is 6.57. The minimum Gasteiger partial charge on any atom is -0.306 e. The second-order valence-electron chi connectivity index (χ2n) is 4.25. The first-order chi connectivity index (χ1) is 8.63. The fourth-order valence-corrected chi connectivity index (χ4v) is 3.76. The van der Waals surface area contributed by atoms with Gasteiger partial charge in [-0.1, -0.05) is 13.0 Å². The van der Waals surface area contributed by atoms with Crippen molar-refractivity contribution in [2.45, 2.75) is 26.8 Å². The zero-order valence-electron chi connectivity index (χ0n) is 10.8. The smallest absolute Gasteiger partial charge is 0.0700 e. The minimum absolute atomic E-state index is 0.220. The molecule has 2 heterocycles. The lowest BCUT2D eigenvalue weighted by Gasteiger charge is -2.19. The highest BCUT2D eigenvalue weighted by atomic mass is 79.9. The van der Waals surface area contributed by atoms with Crippen LogP contribution in [-0.2, 0) is 0 Å². The van der Waals surface area contributed by atoms with E-state index in [0.717, 1.165) is 17.9 Å². The van der Waals surface area contributed by atoms with Gasteiger partial charge >= 0.3 is 0 Å². The Kier molecular flexibility index (Phi) is 4.54. The quantitative estimate of drug-likeness (QED) is 0.910. The Hall–Kier alpha value is -0.710. The molecule has 0 aliphatic rings. The molecule has 0 aliphatic heterocycles. The molecule has 96 valence electrons. The highest BCUT2D eigenvalue weighted by Crippen LogP contribution is 2.34. The third-order valence-corrected chi connectivity index (χ3v) is 4.83. The summed E-state index contributed by atoms with van der Waals surface area (Å²) < 4.78 is 1.17. The zero-order valence-corrected chi connectivity index (χ0v) is 13.2. The maximum atomic E-state index is 4.57. The molecule has 1 atom stereocenters. The first-order valence-electron chi connectivity index (χ1n) is 6.04. The van der Waals surface area contributed by atoms with Crippen LogP contribution in [0.15, 0.2) is 28.1 Å². The van der Waals surface area contributed by atoms with Crippen LogP contribution in [-0.4, -0.2) is 11.5 Å². The molecule has 0 fully saturated rings. The van der Waals surface area contributed by atoms with Gasteiger partial charge in [-0.05, 0) is 59.4 Å². The summed E-state index contributed by atoms with van der Waals surface area (Å²) >= 11 is 5.39. The van der Waals surface area contributed by atoms with E-state index in [-0.39, 0.29) is 6.04 Å². The van der Waals surface area contributed by atoms with E-state index in [2.05, 4.69) is 63.7 Å². The van der Waals surface area contributed by atoms with Crippen molar-refractivity contribution in [3.8, 4) is 0 Å². The molecule has 0 aliphatic carbocycles. The first-order valence-corrected chi connectivity index (χ1v) is 7.71. The summed E-state index contributed by atoms with van der Waals surface area (Å²) in [6.45, 7) is 7.17. The number of nitrogens with zero attached hydrogens (tertiary/aromatic N) is 1. The van der Waals surface area contributed by atoms with Crippen molar-refractivity contribution in [3.05, 3.63) is 49.9 Å². The summed E-state index contributed by atoms with van der Waals surface area (Å²) in [6.07, 6.45) is 0. The summed E-state index contributed by atoms with van der Waals surface area (Å²) in [5.41, 5.74) is 3.42. The molecule has 0 saturated carbocycles. The van der Waals surface area contributed by atoms with Crippen LogP contribution in [0.2, 0.25) is 0 Å². The van der Waals surface area contributed by atoms with Gasteiger partial charge in [0.05, 0.1) is 6.04 Å². The van der Waals surface area contributed by atoms with Crippen molar-refractivity contribution in [1.82, 2.24) is 10.3 Å². The van der Waals surface area contributed by atoms with Gasteiger partial charge in [-0.15, -0.1) is 11.3 Å². The van der Waals surface area contributed by atoms with Gasteiger partial charge in [-0.3, -0.25) is 4.98 Å².